The summed E-state index contributed by atoms with van der Waals surface area (Å²) in [5, 5.41) is 3.63. The van der Waals surface area contributed by atoms with E-state index >= 15 is 0 Å². The maximum Gasteiger partial charge on any atom is 0.417 e. The summed E-state index contributed by atoms with van der Waals surface area (Å²) in [5.74, 6) is 0. The lowest BCUT2D eigenvalue weighted by molar-refractivity contribution is -0.139. The van der Waals surface area contributed by atoms with E-state index in [1.807, 2.05) is 6.07 Å². The number of hydrogen-bond acceptors (Lipinski definition) is 4. The monoisotopic (exact) mass is 409 g/mol. The molecule has 0 unspecified atom stereocenters. The van der Waals surface area contributed by atoms with Crippen LogP contribution in [0.5, 0.6) is 0 Å². The minimum Gasteiger partial charge on any atom is -0.367 e. The highest BCUT2D eigenvalue weighted by atomic mass is 32.2. The number of H-pyrrole nitrogens is 1. The molecule has 2 aromatic carbocycles. The van der Waals surface area contributed by atoms with Gasteiger partial charge in [-0.1, -0.05) is 24.3 Å². The Hall–Kier alpha value is -2.52. The predicted molar refractivity (Wildman–Crippen MR) is 100 cm³/mol. The average molecular weight is 409 g/mol. The van der Waals surface area contributed by atoms with Crippen LogP contribution in [0.15, 0.2) is 58.5 Å². The third-order valence-corrected chi connectivity index (χ3v) is 6.74. The molecule has 1 aromatic heterocycles. The molecule has 0 atom stereocenters. The topological polar surface area (TPSA) is 65.2 Å². The number of hydrogen-bond donors (Lipinski definition) is 2. The Bertz CT molecular complexity index is 1120. The fourth-order valence-corrected chi connectivity index (χ4v) is 5.20. The van der Waals surface area contributed by atoms with Gasteiger partial charge in [-0.05, 0) is 18.2 Å². The highest BCUT2D eigenvalue weighted by Crippen LogP contribution is 2.39. The van der Waals surface area contributed by atoms with Crippen LogP contribution in [0.4, 0.5) is 18.9 Å². The second-order valence-electron chi connectivity index (χ2n) is 6.59. The number of aromatic amines is 1. The number of aromatic nitrogens is 1. The first-order chi connectivity index (χ1) is 13.3. The van der Waals surface area contributed by atoms with Gasteiger partial charge in [-0.3, -0.25) is 0 Å². The molecule has 5 nitrogen and oxygen atoms in total. The summed E-state index contributed by atoms with van der Waals surface area (Å²) in [6, 6.07) is 9.47. The maximum atomic E-state index is 13.4. The summed E-state index contributed by atoms with van der Waals surface area (Å²) in [6.45, 7) is 3.14. The van der Waals surface area contributed by atoms with E-state index in [0.717, 1.165) is 44.0 Å². The molecule has 1 aliphatic heterocycles. The number of halogens is 3. The Morgan fingerprint density at radius 1 is 0.929 bits per heavy atom. The molecule has 0 aliphatic carbocycles. The third kappa shape index (κ3) is 3.14. The van der Waals surface area contributed by atoms with E-state index in [4.69, 9.17) is 0 Å². The first-order valence-electron chi connectivity index (χ1n) is 8.77. The van der Waals surface area contributed by atoms with Gasteiger partial charge < -0.3 is 15.2 Å². The van der Waals surface area contributed by atoms with Gasteiger partial charge in [0.25, 0.3) is 0 Å². The lowest BCUT2D eigenvalue weighted by Crippen LogP contribution is -2.43. The molecule has 148 valence electrons. The third-order valence-electron chi connectivity index (χ3n) is 4.88. The standard InChI is InChI=1S/C19H18F3N3O2S/c20-19(21,22)14-5-1-2-7-16(14)28(26,27)17-12-24-18-13(17)4-3-6-15(18)25-10-8-23-9-11-25/h1-7,12,23-24H,8-11H2. The molecule has 1 fully saturated rings. The molecular weight excluding hydrogens is 391 g/mol. The number of nitrogens with one attached hydrogen (secondary N) is 2. The number of sulfone groups is 1. The van der Waals surface area contributed by atoms with Crippen LogP contribution in [0.2, 0.25) is 0 Å². The number of benzene rings is 2. The Labute approximate surface area is 160 Å². The van der Waals surface area contributed by atoms with Gasteiger partial charge in [0.2, 0.25) is 9.84 Å². The molecule has 9 heteroatoms. The summed E-state index contributed by atoms with van der Waals surface area (Å²) in [6.07, 6.45) is -3.49. The first kappa shape index (κ1) is 18.8. The Kier molecular flexibility index (Phi) is 4.59. The van der Waals surface area contributed by atoms with Crippen LogP contribution < -0.4 is 10.2 Å². The van der Waals surface area contributed by atoms with Crippen molar-refractivity contribution in [2.75, 3.05) is 31.1 Å². The van der Waals surface area contributed by atoms with Crippen LogP contribution in [-0.4, -0.2) is 39.6 Å². The van der Waals surface area contributed by atoms with Gasteiger partial charge in [-0.25, -0.2) is 8.42 Å². The summed E-state index contributed by atoms with van der Waals surface area (Å²) in [5.41, 5.74) is 0.277. The molecule has 0 radical (unpaired) electrons. The second kappa shape index (κ2) is 6.82. The summed E-state index contributed by atoms with van der Waals surface area (Å²) >= 11 is 0. The van der Waals surface area contributed by atoms with Crippen LogP contribution >= 0.6 is 0 Å². The van der Waals surface area contributed by atoms with Crippen molar-refractivity contribution in [1.82, 2.24) is 10.3 Å². The molecule has 0 amide bonds. The number of fused-ring (bicyclic) bond motifs is 1. The number of anilines is 1. The Balaban J connectivity index is 1.87. The number of nitrogens with zero attached hydrogens (tertiary/aromatic N) is 1. The van der Waals surface area contributed by atoms with Crippen molar-refractivity contribution in [1.29, 1.82) is 0 Å². The van der Waals surface area contributed by atoms with Crippen LogP contribution in [0, 0.1) is 0 Å². The summed E-state index contributed by atoms with van der Waals surface area (Å²) in [4.78, 5) is 4.19. The normalized spacial score (nSPS) is 15.9. The zero-order valence-corrected chi connectivity index (χ0v) is 15.6. The van der Waals surface area contributed by atoms with Crippen LogP contribution in [0.3, 0.4) is 0 Å². The molecule has 1 aliphatic rings. The number of piperazine rings is 1. The molecule has 2 heterocycles. The SMILES string of the molecule is O=S(=O)(c1ccccc1C(F)(F)F)c1c[nH]c2c(N3CCNCC3)cccc12. The van der Waals surface area contributed by atoms with Gasteiger partial charge in [0.05, 0.1) is 26.6 Å². The second-order valence-corrected chi connectivity index (χ2v) is 8.47. The minimum atomic E-state index is -4.76. The highest BCUT2D eigenvalue weighted by Gasteiger charge is 2.38. The molecular formula is C19H18F3N3O2S. The highest BCUT2D eigenvalue weighted by molar-refractivity contribution is 7.91. The van der Waals surface area contributed by atoms with Crippen molar-refractivity contribution in [3.05, 3.63) is 54.2 Å². The van der Waals surface area contributed by atoms with Gasteiger partial charge in [0.1, 0.15) is 0 Å². The van der Waals surface area contributed by atoms with E-state index in [1.54, 1.807) is 12.1 Å². The van der Waals surface area contributed by atoms with Crippen molar-refractivity contribution < 1.29 is 21.6 Å². The fraction of sp³-hybridized carbons (Fsp3) is 0.263. The van der Waals surface area contributed by atoms with E-state index in [2.05, 4.69) is 15.2 Å². The molecule has 0 saturated carbocycles. The predicted octanol–water partition coefficient (Wildman–Crippen LogP) is 3.43. The average Bonchev–Trinajstić information content (AvgIpc) is 3.13. The number of para-hydroxylation sites is 1. The maximum absolute atomic E-state index is 13.4. The van der Waals surface area contributed by atoms with Crippen molar-refractivity contribution in [2.24, 2.45) is 0 Å². The largest absolute Gasteiger partial charge is 0.417 e. The molecule has 0 bridgehead atoms. The summed E-state index contributed by atoms with van der Waals surface area (Å²) in [7, 11) is -4.37. The van der Waals surface area contributed by atoms with Crippen LogP contribution in [-0.2, 0) is 16.0 Å². The van der Waals surface area contributed by atoms with Gasteiger partial charge in [-0.2, -0.15) is 13.2 Å². The molecule has 3 aromatic rings. The lowest BCUT2D eigenvalue weighted by Gasteiger charge is -2.29. The van der Waals surface area contributed by atoms with Crippen molar-refractivity contribution in [2.45, 2.75) is 16.0 Å². The lowest BCUT2D eigenvalue weighted by atomic mass is 10.2. The molecule has 1 saturated heterocycles. The zero-order chi connectivity index (χ0) is 19.9. The van der Waals surface area contributed by atoms with Crippen LogP contribution in [0.1, 0.15) is 5.56 Å². The van der Waals surface area contributed by atoms with Gasteiger partial charge >= 0.3 is 6.18 Å². The fourth-order valence-electron chi connectivity index (χ4n) is 3.56. The van der Waals surface area contributed by atoms with E-state index in [9.17, 15) is 21.6 Å². The van der Waals surface area contributed by atoms with Crippen molar-refractivity contribution >= 4 is 26.4 Å². The Morgan fingerprint density at radius 2 is 1.64 bits per heavy atom. The smallest absolute Gasteiger partial charge is 0.367 e. The van der Waals surface area contributed by atoms with Crippen molar-refractivity contribution in [3.63, 3.8) is 0 Å². The minimum absolute atomic E-state index is 0.156. The zero-order valence-electron chi connectivity index (χ0n) is 14.8. The summed E-state index contributed by atoms with van der Waals surface area (Å²) < 4.78 is 66.3. The Morgan fingerprint density at radius 3 is 2.36 bits per heavy atom. The van der Waals surface area contributed by atoms with Gasteiger partial charge in [0.15, 0.2) is 0 Å². The molecule has 2 N–H and O–H groups in total. The molecule has 4 rings (SSSR count). The van der Waals surface area contributed by atoms with E-state index < -0.39 is 26.5 Å². The molecule has 28 heavy (non-hydrogen) atoms. The first-order valence-corrected chi connectivity index (χ1v) is 10.3. The van der Waals surface area contributed by atoms with E-state index in [0.29, 0.717) is 10.9 Å². The van der Waals surface area contributed by atoms with Crippen LogP contribution in [0.25, 0.3) is 10.9 Å². The number of rotatable bonds is 3. The molecule has 0 spiro atoms. The quantitative estimate of drug-likeness (QED) is 0.696. The van der Waals surface area contributed by atoms with Gasteiger partial charge in [0, 0.05) is 37.8 Å². The van der Waals surface area contributed by atoms with Gasteiger partial charge in [-0.15, -0.1) is 0 Å². The number of alkyl halides is 3. The van der Waals surface area contributed by atoms with E-state index in [1.165, 1.54) is 18.3 Å². The van der Waals surface area contributed by atoms with Crippen molar-refractivity contribution in [3.8, 4) is 0 Å². The van der Waals surface area contributed by atoms with E-state index in [-0.39, 0.29) is 4.90 Å².